The number of nitrogens with zero attached hydrogens (tertiary/aromatic N) is 6. The van der Waals surface area contributed by atoms with E-state index in [0.29, 0.717) is 5.82 Å². The lowest BCUT2D eigenvalue weighted by atomic mass is 10.0. The molecule has 4 aromatic rings. The zero-order chi connectivity index (χ0) is 19.8. The maximum atomic E-state index is 12.5. The molecule has 8 nitrogen and oxygen atoms in total. The third-order valence-electron chi connectivity index (χ3n) is 4.91. The van der Waals surface area contributed by atoms with Crippen LogP contribution in [0.3, 0.4) is 0 Å². The summed E-state index contributed by atoms with van der Waals surface area (Å²) in [4.78, 5) is 19.0. The number of hydrogen-bond acceptors (Lipinski definition) is 7. The standard InChI is InChI=1S/C21H16N6O2/c1-29-21(28)18-13-26(17-11-6-8-14-7-2-3-9-15(14)17)19(16-10-4-5-12-22-16)20-23-24-25-27(18)20/h2-13,19H,1H3. The average molecular weight is 384 g/mol. The lowest BCUT2D eigenvalue weighted by molar-refractivity contribution is -0.134. The van der Waals surface area contributed by atoms with Crippen molar-refractivity contribution in [3.8, 4) is 0 Å². The topological polar surface area (TPSA) is 86.0 Å². The summed E-state index contributed by atoms with van der Waals surface area (Å²) in [6.45, 7) is 0. The van der Waals surface area contributed by atoms with E-state index in [9.17, 15) is 4.79 Å². The van der Waals surface area contributed by atoms with Crippen LogP contribution in [-0.2, 0) is 9.53 Å². The van der Waals surface area contributed by atoms with Gasteiger partial charge in [-0.25, -0.2) is 4.79 Å². The van der Waals surface area contributed by atoms with Gasteiger partial charge in [-0.2, -0.15) is 4.68 Å². The minimum Gasteiger partial charge on any atom is -0.464 e. The number of carbonyl (C=O) groups excluding carboxylic acids is 1. The summed E-state index contributed by atoms with van der Waals surface area (Å²) in [5.74, 6) is -0.0391. The van der Waals surface area contributed by atoms with Crippen LogP contribution in [0.15, 0.2) is 73.1 Å². The highest BCUT2D eigenvalue weighted by Gasteiger charge is 2.36. The van der Waals surface area contributed by atoms with Crippen molar-refractivity contribution in [1.29, 1.82) is 0 Å². The molecule has 3 heterocycles. The van der Waals surface area contributed by atoms with Gasteiger partial charge in [0.1, 0.15) is 6.04 Å². The van der Waals surface area contributed by atoms with Gasteiger partial charge in [0.05, 0.1) is 12.8 Å². The van der Waals surface area contributed by atoms with Crippen LogP contribution >= 0.6 is 0 Å². The summed E-state index contributed by atoms with van der Waals surface area (Å²) in [6, 6.07) is 19.4. The maximum absolute atomic E-state index is 12.5. The van der Waals surface area contributed by atoms with Crippen molar-refractivity contribution in [3.05, 3.63) is 84.6 Å². The molecule has 2 aromatic heterocycles. The van der Waals surface area contributed by atoms with Crippen LogP contribution in [0.4, 0.5) is 5.69 Å². The molecule has 0 radical (unpaired) electrons. The van der Waals surface area contributed by atoms with Gasteiger partial charge < -0.3 is 9.64 Å². The first-order chi connectivity index (χ1) is 14.3. The van der Waals surface area contributed by atoms with E-state index in [1.807, 2.05) is 65.6 Å². The van der Waals surface area contributed by atoms with Crippen molar-refractivity contribution in [3.63, 3.8) is 0 Å². The van der Waals surface area contributed by atoms with Gasteiger partial charge in [-0.05, 0) is 34.0 Å². The summed E-state index contributed by atoms with van der Waals surface area (Å²) in [5.41, 5.74) is 1.90. The number of methoxy groups -OCH3 is 1. The van der Waals surface area contributed by atoms with Crippen LogP contribution in [0.5, 0.6) is 0 Å². The lowest BCUT2D eigenvalue weighted by Crippen LogP contribution is -2.34. The fraction of sp³-hybridized carbons (Fsp3) is 0.0952. The molecule has 142 valence electrons. The van der Waals surface area contributed by atoms with Crippen LogP contribution in [0.1, 0.15) is 17.6 Å². The summed E-state index contributed by atoms with van der Waals surface area (Å²) >= 11 is 0. The number of tetrazole rings is 1. The van der Waals surface area contributed by atoms with Gasteiger partial charge in [-0.15, -0.1) is 5.10 Å². The predicted octanol–water partition coefficient (Wildman–Crippen LogP) is 2.80. The monoisotopic (exact) mass is 384 g/mol. The molecule has 0 fully saturated rings. The number of esters is 1. The van der Waals surface area contributed by atoms with Crippen LogP contribution < -0.4 is 4.90 Å². The molecule has 0 saturated carbocycles. The fourth-order valence-electron chi connectivity index (χ4n) is 3.62. The highest BCUT2D eigenvalue weighted by molar-refractivity contribution is 6.11. The van der Waals surface area contributed by atoms with Gasteiger partial charge in [0.15, 0.2) is 11.5 Å². The molecule has 1 aliphatic rings. The third-order valence-corrected chi connectivity index (χ3v) is 4.91. The van der Waals surface area contributed by atoms with Crippen molar-refractivity contribution < 1.29 is 9.53 Å². The van der Waals surface area contributed by atoms with E-state index in [2.05, 4.69) is 20.5 Å². The zero-order valence-electron chi connectivity index (χ0n) is 15.5. The second-order valence-corrected chi connectivity index (χ2v) is 6.52. The van der Waals surface area contributed by atoms with Crippen LogP contribution in [0.2, 0.25) is 0 Å². The highest BCUT2D eigenvalue weighted by Crippen LogP contribution is 2.39. The summed E-state index contributed by atoms with van der Waals surface area (Å²) < 4.78 is 6.37. The molecule has 1 atom stereocenters. The van der Waals surface area contributed by atoms with Crippen LogP contribution in [0.25, 0.3) is 16.5 Å². The Morgan fingerprint density at radius 3 is 2.69 bits per heavy atom. The molecule has 0 bridgehead atoms. The largest absolute Gasteiger partial charge is 0.464 e. The molecule has 0 spiro atoms. The van der Waals surface area contributed by atoms with E-state index in [4.69, 9.17) is 4.74 Å². The second-order valence-electron chi connectivity index (χ2n) is 6.52. The first-order valence-corrected chi connectivity index (χ1v) is 9.04. The molecule has 5 rings (SSSR count). The number of hydrogen-bond donors (Lipinski definition) is 0. The molecule has 0 aliphatic carbocycles. The minimum atomic E-state index is -0.525. The SMILES string of the molecule is COC(=O)C1=CN(c2cccc3ccccc23)C(c2ccccn2)c2nnnn21. The normalized spacial score (nSPS) is 15.7. The molecule has 1 aliphatic heterocycles. The van der Waals surface area contributed by atoms with E-state index in [1.165, 1.54) is 11.8 Å². The molecule has 0 amide bonds. The van der Waals surface area contributed by atoms with Crippen molar-refractivity contribution >= 4 is 28.1 Å². The Hall–Kier alpha value is -4.07. The molecular formula is C21H16N6O2. The highest BCUT2D eigenvalue weighted by atomic mass is 16.5. The Morgan fingerprint density at radius 1 is 1.03 bits per heavy atom. The lowest BCUT2D eigenvalue weighted by Gasteiger charge is -2.34. The second kappa shape index (κ2) is 6.83. The molecule has 8 heteroatoms. The predicted molar refractivity (Wildman–Crippen MR) is 107 cm³/mol. The third kappa shape index (κ3) is 2.73. The van der Waals surface area contributed by atoms with E-state index in [0.717, 1.165) is 22.2 Å². The molecule has 29 heavy (non-hydrogen) atoms. The van der Waals surface area contributed by atoms with Gasteiger partial charge in [-0.3, -0.25) is 4.98 Å². The minimum absolute atomic E-state index is 0.229. The molecule has 0 saturated heterocycles. The Bertz CT molecular complexity index is 1230. The van der Waals surface area contributed by atoms with Gasteiger partial charge in [-0.1, -0.05) is 42.5 Å². The first-order valence-electron chi connectivity index (χ1n) is 9.04. The van der Waals surface area contributed by atoms with Crippen molar-refractivity contribution in [1.82, 2.24) is 25.2 Å². The van der Waals surface area contributed by atoms with E-state index >= 15 is 0 Å². The number of anilines is 1. The quantitative estimate of drug-likeness (QED) is 0.502. The summed E-state index contributed by atoms with van der Waals surface area (Å²) in [5, 5.41) is 14.1. The summed E-state index contributed by atoms with van der Waals surface area (Å²) in [7, 11) is 1.33. The van der Waals surface area contributed by atoms with Gasteiger partial charge in [0.2, 0.25) is 0 Å². The maximum Gasteiger partial charge on any atom is 0.358 e. The van der Waals surface area contributed by atoms with Crippen LogP contribution in [0, 0.1) is 0 Å². The van der Waals surface area contributed by atoms with Gasteiger partial charge >= 0.3 is 5.97 Å². The number of pyridine rings is 1. The Labute approximate surface area is 166 Å². The number of fused-ring (bicyclic) bond motifs is 2. The van der Waals surface area contributed by atoms with E-state index in [1.54, 1.807) is 12.4 Å². The summed E-state index contributed by atoms with van der Waals surface area (Å²) in [6.07, 6.45) is 3.45. The number of aromatic nitrogens is 5. The first kappa shape index (κ1) is 17.1. The van der Waals surface area contributed by atoms with E-state index < -0.39 is 12.0 Å². The molecule has 1 unspecified atom stereocenters. The van der Waals surface area contributed by atoms with Gasteiger partial charge in [0.25, 0.3) is 0 Å². The van der Waals surface area contributed by atoms with Crippen molar-refractivity contribution in [2.75, 3.05) is 12.0 Å². The van der Waals surface area contributed by atoms with Crippen LogP contribution in [-0.4, -0.2) is 38.3 Å². The Kier molecular flexibility index (Phi) is 4.02. The zero-order valence-corrected chi connectivity index (χ0v) is 15.5. The van der Waals surface area contributed by atoms with Gasteiger partial charge in [0, 0.05) is 23.5 Å². The Morgan fingerprint density at radius 2 is 1.86 bits per heavy atom. The number of rotatable bonds is 3. The Balaban J connectivity index is 1.79. The van der Waals surface area contributed by atoms with E-state index in [-0.39, 0.29) is 5.70 Å². The number of carbonyl (C=O) groups is 1. The molecule has 0 N–H and O–H groups in total. The molecular weight excluding hydrogens is 368 g/mol. The average Bonchev–Trinajstić information content (AvgIpc) is 3.27. The number of benzene rings is 2. The number of ether oxygens (including phenoxy) is 1. The van der Waals surface area contributed by atoms with Crippen molar-refractivity contribution in [2.45, 2.75) is 6.04 Å². The van der Waals surface area contributed by atoms with Crippen molar-refractivity contribution in [2.24, 2.45) is 0 Å². The molecule has 2 aromatic carbocycles. The fourth-order valence-corrected chi connectivity index (χ4v) is 3.62. The smallest absolute Gasteiger partial charge is 0.358 e.